The van der Waals surface area contributed by atoms with E-state index in [4.69, 9.17) is 9.47 Å². The Morgan fingerprint density at radius 2 is 1.37 bits per heavy atom. The first kappa shape index (κ1) is 31.4. The number of methoxy groups -OCH3 is 2. The Morgan fingerprint density at radius 1 is 0.732 bits per heavy atom. The van der Waals surface area contributed by atoms with Crippen LogP contribution in [0.4, 0.5) is 8.78 Å². The average Bonchev–Trinajstić information content (AvgIpc) is 2.98. The Morgan fingerprint density at radius 3 is 1.98 bits per heavy atom. The second kappa shape index (κ2) is 15.6. The molecule has 2 nitrogen and oxygen atoms in total. The van der Waals surface area contributed by atoms with Gasteiger partial charge in [-0.2, -0.15) is 0 Å². The molecule has 0 bridgehead atoms. The van der Waals surface area contributed by atoms with Crippen molar-refractivity contribution in [3.05, 3.63) is 82.9 Å². The fourth-order valence-electron chi connectivity index (χ4n) is 6.73. The van der Waals surface area contributed by atoms with Crippen molar-refractivity contribution < 1.29 is 18.3 Å². The Bertz CT molecular complexity index is 1240. The highest BCUT2D eigenvalue weighted by atomic mass is 19.1. The monoisotopic (exact) mass is 562 g/mol. The summed E-state index contributed by atoms with van der Waals surface area (Å²) >= 11 is 0. The van der Waals surface area contributed by atoms with Crippen LogP contribution in [0.5, 0.6) is 0 Å². The molecule has 0 aliphatic heterocycles. The zero-order chi connectivity index (χ0) is 29.2. The Kier molecular flexibility index (Phi) is 11.9. The van der Waals surface area contributed by atoms with E-state index in [1.807, 2.05) is 24.3 Å². The zero-order valence-electron chi connectivity index (χ0n) is 25.5. The minimum absolute atomic E-state index is 0.276. The minimum Gasteiger partial charge on any atom is -0.384 e. The van der Waals surface area contributed by atoms with Crippen molar-refractivity contribution in [1.82, 2.24) is 0 Å². The molecule has 0 spiro atoms. The second-order valence-corrected chi connectivity index (χ2v) is 12.0. The van der Waals surface area contributed by atoms with Crippen LogP contribution in [0.25, 0.3) is 22.3 Å². The Labute approximate surface area is 246 Å². The molecule has 0 amide bonds. The molecule has 1 fully saturated rings. The van der Waals surface area contributed by atoms with Gasteiger partial charge in [0, 0.05) is 31.3 Å². The van der Waals surface area contributed by atoms with Gasteiger partial charge in [-0.3, -0.25) is 0 Å². The maximum Gasteiger partial charge on any atom is 0.131 e. The SMILES string of the molecule is CCCCCc1ccc(-c2ccc(-c3ccc(C4CCC(CC(COC)COC)CC4)cc3F)cc2F)cc1CC. The van der Waals surface area contributed by atoms with E-state index in [2.05, 4.69) is 26.0 Å². The predicted molar refractivity (Wildman–Crippen MR) is 166 cm³/mol. The highest BCUT2D eigenvalue weighted by molar-refractivity contribution is 5.72. The van der Waals surface area contributed by atoms with E-state index in [0.29, 0.717) is 34.4 Å². The summed E-state index contributed by atoms with van der Waals surface area (Å²) in [5.74, 6) is 0.874. The van der Waals surface area contributed by atoms with Crippen LogP contribution in [0.15, 0.2) is 54.6 Å². The largest absolute Gasteiger partial charge is 0.384 e. The Balaban J connectivity index is 1.43. The number of halogens is 2. The number of aryl methyl sites for hydroxylation is 2. The number of hydrogen-bond donors (Lipinski definition) is 0. The molecule has 41 heavy (non-hydrogen) atoms. The lowest BCUT2D eigenvalue weighted by atomic mass is 9.75. The van der Waals surface area contributed by atoms with E-state index >= 15 is 8.78 Å². The molecule has 0 aromatic heterocycles. The molecule has 0 unspecified atom stereocenters. The molecular formula is C37H48F2O2. The van der Waals surface area contributed by atoms with Gasteiger partial charge in [-0.25, -0.2) is 8.78 Å². The predicted octanol–water partition coefficient (Wildman–Crippen LogP) is 10.2. The van der Waals surface area contributed by atoms with Gasteiger partial charge in [0.25, 0.3) is 0 Å². The molecule has 0 heterocycles. The average molecular weight is 563 g/mol. The maximum absolute atomic E-state index is 15.4. The first-order chi connectivity index (χ1) is 20.0. The van der Waals surface area contributed by atoms with Gasteiger partial charge in [0.1, 0.15) is 11.6 Å². The smallest absolute Gasteiger partial charge is 0.131 e. The van der Waals surface area contributed by atoms with E-state index in [1.165, 1.54) is 36.5 Å². The first-order valence-electron chi connectivity index (χ1n) is 15.7. The molecular weight excluding hydrogens is 514 g/mol. The summed E-state index contributed by atoms with van der Waals surface area (Å²) in [6.45, 7) is 5.83. The summed E-state index contributed by atoms with van der Waals surface area (Å²) in [5.41, 5.74) is 6.17. The highest BCUT2D eigenvalue weighted by Gasteiger charge is 2.25. The fraction of sp³-hybridized carbons (Fsp3) is 0.514. The van der Waals surface area contributed by atoms with Crippen LogP contribution in [0.2, 0.25) is 0 Å². The van der Waals surface area contributed by atoms with Gasteiger partial charge in [-0.1, -0.05) is 69.2 Å². The van der Waals surface area contributed by atoms with Crippen molar-refractivity contribution in [2.45, 2.75) is 84.0 Å². The van der Waals surface area contributed by atoms with Crippen LogP contribution >= 0.6 is 0 Å². The van der Waals surface area contributed by atoms with Crippen molar-refractivity contribution in [3.8, 4) is 22.3 Å². The third-order valence-electron chi connectivity index (χ3n) is 9.01. The lowest BCUT2D eigenvalue weighted by Gasteiger charge is -2.31. The number of benzene rings is 3. The van der Waals surface area contributed by atoms with E-state index < -0.39 is 0 Å². The van der Waals surface area contributed by atoms with Crippen LogP contribution in [-0.2, 0) is 22.3 Å². The molecule has 1 aliphatic carbocycles. The van der Waals surface area contributed by atoms with E-state index in [9.17, 15) is 0 Å². The van der Waals surface area contributed by atoms with Crippen molar-refractivity contribution in [1.29, 1.82) is 0 Å². The maximum atomic E-state index is 15.4. The zero-order valence-corrected chi connectivity index (χ0v) is 25.5. The molecule has 1 aliphatic rings. The molecule has 4 heteroatoms. The van der Waals surface area contributed by atoms with Gasteiger partial charge in [-0.05, 0) is 103 Å². The summed E-state index contributed by atoms with van der Waals surface area (Å²) in [6, 6.07) is 17.0. The normalized spacial score (nSPS) is 17.3. The van der Waals surface area contributed by atoms with Gasteiger partial charge < -0.3 is 9.47 Å². The summed E-state index contributed by atoms with van der Waals surface area (Å²) in [7, 11) is 3.49. The number of rotatable bonds is 14. The molecule has 222 valence electrons. The minimum atomic E-state index is -0.315. The Hall–Kier alpha value is -2.56. The van der Waals surface area contributed by atoms with Crippen molar-refractivity contribution >= 4 is 0 Å². The number of ether oxygens (including phenoxy) is 2. The van der Waals surface area contributed by atoms with Crippen molar-refractivity contribution in [2.24, 2.45) is 11.8 Å². The molecule has 0 N–H and O–H groups in total. The molecule has 3 aromatic carbocycles. The lowest BCUT2D eigenvalue weighted by Crippen LogP contribution is -2.21. The fourth-order valence-corrected chi connectivity index (χ4v) is 6.73. The van der Waals surface area contributed by atoms with E-state index in [1.54, 1.807) is 26.4 Å². The van der Waals surface area contributed by atoms with Gasteiger partial charge in [-0.15, -0.1) is 0 Å². The van der Waals surface area contributed by atoms with Gasteiger partial charge in [0.05, 0.1) is 13.2 Å². The van der Waals surface area contributed by atoms with E-state index in [-0.39, 0.29) is 11.6 Å². The van der Waals surface area contributed by atoms with Gasteiger partial charge >= 0.3 is 0 Å². The number of unbranched alkanes of at least 4 members (excludes halogenated alkanes) is 2. The van der Waals surface area contributed by atoms with Crippen LogP contribution in [-0.4, -0.2) is 27.4 Å². The van der Waals surface area contributed by atoms with Crippen LogP contribution in [0.1, 0.15) is 87.8 Å². The molecule has 3 aromatic rings. The quantitative estimate of drug-likeness (QED) is 0.182. The summed E-state index contributed by atoms with van der Waals surface area (Å²) in [5, 5.41) is 0. The topological polar surface area (TPSA) is 18.5 Å². The van der Waals surface area contributed by atoms with Crippen molar-refractivity contribution in [2.75, 3.05) is 27.4 Å². The molecule has 0 radical (unpaired) electrons. The number of hydrogen-bond acceptors (Lipinski definition) is 2. The molecule has 0 atom stereocenters. The van der Waals surface area contributed by atoms with Crippen LogP contribution in [0.3, 0.4) is 0 Å². The second-order valence-electron chi connectivity index (χ2n) is 12.0. The molecule has 4 rings (SSSR count). The molecule has 0 saturated heterocycles. The van der Waals surface area contributed by atoms with Gasteiger partial charge in [0.2, 0.25) is 0 Å². The summed E-state index contributed by atoms with van der Waals surface area (Å²) in [4.78, 5) is 0. The standard InChI is InChI=1S/C37H48F2O2/c1-5-7-8-9-29-14-15-32(21-28(29)6-2)34-19-17-33(23-37(34)39)35-18-16-31(22-36(35)38)30-12-10-26(11-13-30)20-27(24-40-3)25-41-4/h14-19,21-23,26-27,30H,5-13,20,24-25H2,1-4H3. The van der Waals surface area contributed by atoms with Crippen LogP contribution < -0.4 is 0 Å². The highest BCUT2D eigenvalue weighted by Crippen LogP contribution is 2.40. The summed E-state index contributed by atoms with van der Waals surface area (Å²) in [6.07, 6.45) is 11.1. The van der Waals surface area contributed by atoms with Crippen molar-refractivity contribution in [3.63, 3.8) is 0 Å². The first-order valence-corrected chi connectivity index (χ1v) is 15.7. The van der Waals surface area contributed by atoms with E-state index in [0.717, 1.165) is 69.3 Å². The van der Waals surface area contributed by atoms with Crippen LogP contribution in [0, 0.1) is 23.5 Å². The third kappa shape index (κ3) is 8.26. The third-order valence-corrected chi connectivity index (χ3v) is 9.01. The van der Waals surface area contributed by atoms with Gasteiger partial charge in [0.15, 0.2) is 0 Å². The molecule has 1 saturated carbocycles. The summed E-state index contributed by atoms with van der Waals surface area (Å²) < 4.78 is 41.5. The lowest BCUT2D eigenvalue weighted by molar-refractivity contribution is 0.0671.